The van der Waals surface area contributed by atoms with Crippen LogP contribution in [0.2, 0.25) is 0 Å². The summed E-state index contributed by atoms with van der Waals surface area (Å²) in [5, 5.41) is 2.94. The number of hydrogen-bond acceptors (Lipinski definition) is 3. The van der Waals surface area contributed by atoms with Crippen molar-refractivity contribution in [3.63, 3.8) is 0 Å². The minimum absolute atomic E-state index is 0.0418. The number of benzene rings is 1. The second kappa shape index (κ2) is 7.11. The number of carbonyl (C=O) groups is 1. The summed E-state index contributed by atoms with van der Waals surface area (Å²) in [5.41, 5.74) is 0.120. The third kappa shape index (κ3) is 4.27. The second-order valence-electron chi connectivity index (χ2n) is 6.30. The normalized spacial score (nSPS) is 20.6. The standard InChI is InChI=1S/C17H21F3N2O2/c18-17(19,20)14-5-3-12(4-6-14)15(22-7-9-24-10-8-22)11-21-16(23)13-1-2-13/h3-6,13,15H,1-2,7-11H2,(H,21,23)/t15-/m0/s1. The first-order valence-electron chi connectivity index (χ1n) is 8.22. The Kier molecular flexibility index (Phi) is 5.10. The Bertz CT molecular complexity index is 564. The maximum absolute atomic E-state index is 12.7. The molecule has 1 aromatic carbocycles. The molecule has 1 saturated heterocycles. The van der Waals surface area contributed by atoms with Crippen LogP contribution in [0.25, 0.3) is 0 Å². The maximum atomic E-state index is 12.7. The Morgan fingerprint density at radius 1 is 1.21 bits per heavy atom. The van der Waals surface area contributed by atoms with Gasteiger partial charge in [0.1, 0.15) is 0 Å². The van der Waals surface area contributed by atoms with Crippen LogP contribution in [0.5, 0.6) is 0 Å². The Balaban J connectivity index is 1.73. The Labute approximate surface area is 139 Å². The van der Waals surface area contributed by atoms with Gasteiger partial charge in [-0.25, -0.2) is 0 Å². The number of halogens is 3. The van der Waals surface area contributed by atoms with E-state index in [0.29, 0.717) is 32.8 Å². The first kappa shape index (κ1) is 17.2. The van der Waals surface area contributed by atoms with E-state index in [9.17, 15) is 18.0 Å². The number of amides is 1. The van der Waals surface area contributed by atoms with Crippen molar-refractivity contribution in [1.29, 1.82) is 0 Å². The van der Waals surface area contributed by atoms with Crippen LogP contribution in [-0.2, 0) is 15.7 Å². The fourth-order valence-electron chi connectivity index (χ4n) is 2.93. The molecule has 1 heterocycles. The number of nitrogens with one attached hydrogen (secondary N) is 1. The van der Waals surface area contributed by atoms with Gasteiger partial charge in [0.2, 0.25) is 5.91 Å². The van der Waals surface area contributed by atoms with E-state index < -0.39 is 11.7 Å². The number of rotatable bonds is 5. The SMILES string of the molecule is O=C(NC[C@@H](c1ccc(C(F)(F)F)cc1)N1CCOCC1)C1CC1. The van der Waals surface area contributed by atoms with Gasteiger partial charge < -0.3 is 10.1 Å². The molecule has 132 valence electrons. The molecule has 0 radical (unpaired) electrons. The molecule has 0 spiro atoms. The number of alkyl halides is 3. The minimum atomic E-state index is -4.34. The molecule has 1 saturated carbocycles. The third-order valence-corrected chi connectivity index (χ3v) is 4.53. The van der Waals surface area contributed by atoms with E-state index in [-0.39, 0.29) is 17.9 Å². The number of morpholine rings is 1. The van der Waals surface area contributed by atoms with Crippen molar-refractivity contribution in [2.24, 2.45) is 5.92 Å². The highest BCUT2D eigenvalue weighted by molar-refractivity contribution is 5.80. The summed E-state index contributed by atoms with van der Waals surface area (Å²) < 4.78 is 43.6. The number of nitrogens with zero attached hydrogens (tertiary/aromatic N) is 1. The van der Waals surface area contributed by atoms with Gasteiger partial charge >= 0.3 is 6.18 Å². The summed E-state index contributed by atoms with van der Waals surface area (Å²) >= 11 is 0. The average Bonchev–Trinajstić information content (AvgIpc) is 3.40. The molecular weight excluding hydrogens is 321 g/mol. The predicted octanol–water partition coefficient (Wildman–Crippen LogP) is 2.60. The Hall–Kier alpha value is -1.60. The lowest BCUT2D eigenvalue weighted by atomic mass is 10.0. The molecule has 0 aromatic heterocycles. The molecule has 1 aromatic rings. The second-order valence-corrected chi connectivity index (χ2v) is 6.30. The summed E-state index contributed by atoms with van der Waals surface area (Å²) in [6.07, 6.45) is -2.49. The lowest BCUT2D eigenvalue weighted by Crippen LogP contribution is -2.44. The van der Waals surface area contributed by atoms with Crippen molar-refractivity contribution in [2.45, 2.75) is 25.1 Å². The van der Waals surface area contributed by atoms with E-state index in [1.54, 1.807) is 0 Å². The molecule has 7 heteroatoms. The van der Waals surface area contributed by atoms with Crippen LogP contribution in [0, 0.1) is 5.92 Å². The van der Waals surface area contributed by atoms with Gasteiger partial charge in [-0.05, 0) is 30.5 Å². The molecule has 1 N–H and O–H groups in total. The summed E-state index contributed by atoms with van der Waals surface area (Å²) in [5.74, 6) is 0.156. The number of carbonyl (C=O) groups excluding carboxylic acids is 1. The number of ether oxygens (including phenoxy) is 1. The molecule has 4 nitrogen and oxygen atoms in total. The zero-order valence-corrected chi connectivity index (χ0v) is 13.3. The van der Waals surface area contributed by atoms with E-state index in [1.165, 1.54) is 12.1 Å². The first-order valence-corrected chi connectivity index (χ1v) is 8.22. The van der Waals surface area contributed by atoms with Crippen LogP contribution < -0.4 is 5.32 Å². The van der Waals surface area contributed by atoms with Crippen molar-refractivity contribution in [3.05, 3.63) is 35.4 Å². The Morgan fingerprint density at radius 2 is 1.83 bits per heavy atom. The highest BCUT2D eigenvalue weighted by Crippen LogP contribution is 2.32. The fourth-order valence-corrected chi connectivity index (χ4v) is 2.93. The zero-order chi connectivity index (χ0) is 17.2. The summed E-state index contributed by atoms with van der Waals surface area (Å²) in [6.45, 7) is 2.98. The molecule has 1 amide bonds. The van der Waals surface area contributed by atoms with Crippen LogP contribution in [0.1, 0.15) is 30.0 Å². The van der Waals surface area contributed by atoms with Crippen LogP contribution in [0.4, 0.5) is 13.2 Å². The molecule has 1 aliphatic carbocycles. The van der Waals surface area contributed by atoms with Gasteiger partial charge in [0.25, 0.3) is 0 Å². The maximum Gasteiger partial charge on any atom is 0.416 e. The van der Waals surface area contributed by atoms with E-state index >= 15 is 0 Å². The average molecular weight is 342 g/mol. The van der Waals surface area contributed by atoms with Gasteiger partial charge in [0.15, 0.2) is 0 Å². The molecular formula is C17H21F3N2O2. The molecule has 0 bridgehead atoms. The van der Waals surface area contributed by atoms with Crippen molar-refractivity contribution in [3.8, 4) is 0 Å². The van der Waals surface area contributed by atoms with Gasteiger partial charge in [-0.3, -0.25) is 9.69 Å². The molecule has 2 aliphatic rings. The molecule has 1 atom stereocenters. The molecule has 24 heavy (non-hydrogen) atoms. The lowest BCUT2D eigenvalue weighted by Gasteiger charge is -2.35. The van der Waals surface area contributed by atoms with E-state index in [0.717, 1.165) is 30.5 Å². The van der Waals surface area contributed by atoms with Crippen LogP contribution >= 0.6 is 0 Å². The molecule has 3 rings (SSSR count). The van der Waals surface area contributed by atoms with Gasteiger partial charge in [-0.1, -0.05) is 12.1 Å². The smallest absolute Gasteiger partial charge is 0.379 e. The molecule has 1 aliphatic heterocycles. The molecule has 2 fully saturated rings. The highest BCUT2D eigenvalue weighted by Gasteiger charge is 2.32. The summed E-state index contributed by atoms with van der Waals surface area (Å²) in [7, 11) is 0. The third-order valence-electron chi connectivity index (χ3n) is 4.53. The quantitative estimate of drug-likeness (QED) is 0.894. The van der Waals surface area contributed by atoms with Crippen molar-refractivity contribution in [2.75, 3.05) is 32.8 Å². The van der Waals surface area contributed by atoms with E-state index in [1.807, 2.05) is 0 Å². The summed E-state index contributed by atoms with van der Waals surface area (Å²) in [6, 6.07) is 5.08. The fraction of sp³-hybridized carbons (Fsp3) is 0.588. The van der Waals surface area contributed by atoms with Gasteiger partial charge in [0.05, 0.1) is 24.8 Å². The number of hydrogen-bond donors (Lipinski definition) is 1. The van der Waals surface area contributed by atoms with Gasteiger partial charge in [-0.15, -0.1) is 0 Å². The monoisotopic (exact) mass is 342 g/mol. The van der Waals surface area contributed by atoms with Crippen molar-refractivity contribution < 1.29 is 22.7 Å². The highest BCUT2D eigenvalue weighted by atomic mass is 19.4. The summed E-state index contributed by atoms with van der Waals surface area (Å²) in [4.78, 5) is 14.1. The van der Waals surface area contributed by atoms with Gasteiger partial charge in [-0.2, -0.15) is 13.2 Å². The largest absolute Gasteiger partial charge is 0.416 e. The lowest BCUT2D eigenvalue weighted by molar-refractivity contribution is -0.137. The topological polar surface area (TPSA) is 41.6 Å². The van der Waals surface area contributed by atoms with Crippen molar-refractivity contribution >= 4 is 5.91 Å². The van der Waals surface area contributed by atoms with Crippen molar-refractivity contribution in [1.82, 2.24) is 10.2 Å². The van der Waals surface area contributed by atoms with Crippen LogP contribution in [0.15, 0.2) is 24.3 Å². The van der Waals surface area contributed by atoms with E-state index in [4.69, 9.17) is 4.74 Å². The Morgan fingerprint density at radius 3 is 2.38 bits per heavy atom. The van der Waals surface area contributed by atoms with E-state index in [2.05, 4.69) is 10.2 Å². The predicted molar refractivity (Wildman–Crippen MR) is 82.3 cm³/mol. The van der Waals surface area contributed by atoms with Crippen LogP contribution in [-0.4, -0.2) is 43.7 Å². The first-order chi connectivity index (χ1) is 11.4. The van der Waals surface area contributed by atoms with Gasteiger partial charge in [0, 0.05) is 25.6 Å². The minimum Gasteiger partial charge on any atom is -0.379 e. The van der Waals surface area contributed by atoms with Crippen LogP contribution in [0.3, 0.4) is 0 Å². The zero-order valence-electron chi connectivity index (χ0n) is 13.3. The molecule has 0 unspecified atom stereocenters.